The number of hydrogen-bond acceptors (Lipinski definition) is 5. The fourth-order valence-electron chi connectivity index (χ4n) is 1.58. The van der Waals surface area contributed by atoms with Crippen LogP contribution in [0.2, 0.25) is 5.02 Å². The predicted molar refractivity (Wildman–Crippen MR) is 66.9 cm³/mol. The summed E-state index contributed by atoms with van der Waals surface area (Å²) in [7, 11) is 0. The van der Waals surface area contributed by atoms with Crippen LogP contribution in [0.1, 0.15) is 0 Å². The number of benzene rings is 1. The standard InChI is InChI=1S/C11H6ClNO7/c12-5-2-1-4-6(14)3-7(19-10(15)16)13-8(4)9(5)20-11(17)18/h1-3H,(H,13,14)(H,15,16)(H,17,18). The minimum Gasteiger partial charge on any atom is -0.449 e. The molecule has 0 unspecified atom stereocenters. The molecule has 9 heteroatoms. The van der Waals surface area contributed by atoms with Gasteiger partial charge in [-0.1, -0.05) is 11.6 Å². The Morgan fingerprint density at radius 2 is 1.80 bits per heavy atom. The number of H-pyrrole nitrogens is 1. The smallest absolute Gasteiger partial charge is 0.449 e. The van der Waals surface area contributed by atoms with Crippen molar-refractivity contribution in [2.45, 2.75) is 0 Å². The summed E-state index contributed by atoms with van der Waals surface area (Å²) in [5.41, 5.74) is -0.662. The highest BCUT2D eigenvalue weighted by atomic mass is 35.5. The number of aromatic nitrogens is 1. The lowest BCUT2D eigenvalue weighted by molar-refractivity contribution is 0.141. The number of rotatable bonds is 2. The Labute approximate surface area is 115 Å². The second-order valence-corrected chi connectivity index (χ2v) is 3.94. The molecule has 2 rings (SSSR count). The van der Waals surface area contributed by atoms with E-state index in [9.17, 15) is 14.4 Å². The van der Waals surface area contributed by atoms with E-state index in [0.29, 0.717) is 0 Å². The zero-order chi connectivity index (χ0) is 14.9. The van der Waals surface area contributed by atoms with Crippen LogP contribution in [0.3, 0.4) is 0 Å². The molecule has 3 N–H and O–H groups in total. The van der Waals surface area contributed by atoms with Crippen molar-refractivity contribution in [3.05, 3.63) is 33.4 Å². The maximum absolute atomic E-state index is 11.8. The molecular formula is C11H6ClNO7. The van der Waals surface area contributed by atoms with Crippen molar-refractivity contribution in [3.63, 3.8) is 0 Å². The molecule has 1 heterocycles. The van der Waals surface area contributed by atoms with Crippen molar-refractivity contribution in [1.82, 2.24) is 4.98 Å². The summed E-state index contributed by atoms with van der Waals surface area (Å²) < 4.78 is 8.80. The summed E-state index contributed by atoms with van der Waals surface area (Å²) in [6, 6.07) is 3.54. The monoisotopic (exact) mass is 299 g/mol. The molecule has 0 amide bonds. The number of halogens is 1. The minimum absolute atomic E-state index is 0.0666. The first-order chi connectivity index (χ1) is 9.38. The van der Waals surface area contributed by atoms with Gasteiger partial charge < -0.3 is 24.7 Å². The molecule has 0 radical (unpaired) electrons. The van der Waals surface area contributed by atoms with Gasteiger partial charge in [0.05, 0.1) is 10.5 Å². The fraction of sp³-hybridized carbons (Fsp3) is 0. The van der Waals surface area contributed by atoms with Crippen molar-refractivity contribution < 1.29 is 29.3 Å². The van der Waals surface area contributed by atoms with E-state index in [0.717, 1.165) is 6.07 Å². The lowest BCUT2D eigenvalue weighted by Crippen LogP contribution is -2.11. The zero-order valence-corrected chi connectivity index (χ0v) is 10.3. The van der Waals surface area contributed by atoms with E-state index in [2.05, 4.69) is 14.5 Å². The molecule has 0 saturated heterocycles. The van der Waals surface area contributed by atoms with Gasteiger partial charge in [0, 0.05) is 11.5 Å². The minimum atomic E-state index is -1.64. The number of carbonyl (C=O) groups is 2. The molecule has 1 aromatic heterocycles. The van der Waals surface area contributed by atoms with E-state index in [1.165, 1.54) is 12.1 Å². The highest BCUT2D eigenvalue weighted by Crippen LogP contribution is 2.32. The number of nitrogens with one attached hydrogen (secondary N) is 1. The van der Waals surface area contributed by atoms with Crippen LogP contribution in [0.4, 0.5) is 9.59 Å². The molecule has 0 saturated carbocycles. The molecule has 1 aromatic carbocycles. The van der Waals surface area contributed by atoms with Gasteiger partial charge in [-0.25, -0.2) is 9.59 Å². The van der Waals surface area contributed by atoms with Gasteiger partial charge in [-0.3, -0.25) is 4.79 Å². The third-order valence-corrected chi connectivity index (χ3v) is 2.57. The second-order valence-electron chi connectivity index (χ2n) is 3.53. The summed E-state index contributed by atoms with van der Waals surface area (Å²) in [4.78, 5) is 35.3. The quantitative estimate of drug-likeness (QED) is 0.573. The first-order valence-corrected chi connectivity index (χ1v) is 5.43. The number of ether oxygens (including phenoxy) is 2. The SMILES string of the molecule is O=C(O)Oc1cc(=O)c2ccc(Cl)c(OC(=O)O)c2[nH]1. The highest BCUT2D eigenvalue weighted by molar-refractivity contribution is 6.33. The van der Waals surface area contributed by atoms with Crippen LogP contribution in [0.5, 0.6) is 11.6 Å². The lowest BCUT2D eigenvalue weighted by Gasteiger charge is -2.08. The summed E-state index contributed by atoms with van der Waals surface area (Å²) in [6.45, 7) is 0. The van der Waals surface area contributed by atoms with Crippen molar-refractivity contribution in [2.75, 3.05) is 0 Å². The van der Waals surface area contributed by atoms with Crippen LogP contribution in [-0.4, -0.2) is 27.5 Å². The van der Waals surface area contributed by atoms with Gasteiger partial charge in [-0.15, -0.1) is 0 Å². The van der Waals surface area contributed by atoms with Crippen molar-refractivity contribution in [3.8, 4) is 11.6 Å². The third-order valence-electron chi connectivity index (χ3n) is 2.27. The van der Waals surface area contributed by atoms with Gasteiger partial charge in [0.25, 0.3) is 0 Å². The van der Waals surface area contributed by atoms with E-state index in [4.69, 9.17) is 21.8 Å². The van der Waals surface area contributed by atoms with Crippen LogP contribution in [0.25, 0.3) is 10.9 Å². The lowest BCUT2D eigenvalue weighted by atomic mass is 10.2. The van der Waals surface area contributed by atoms with Gasteiger partial charge in [-0.2, -0.15) is 0 Å². The Hall–Kier alpha value is -2.74. The Kier molecular flexibility index (Phi) is 3.49. The average molecular weight is 300 g/mol. The Balaban J connectivity index is 2.73. The predicted octanol–water partition coefficient (Wildman–Crippen LogP) is 2.30. The molecule has 8 nitrogen and oxygen atoms in total. The average Bonchev–Trinajstić information content (AvgIpc) is 2.31. The van der Waals surface area contributed by atoms with Crippen LogP contribution in [0.15, 0.2) is 23.0 Å². The Morgan fingerprint density at radius 3 is 2.40 bits per heavy atom. The third kappa shape index (κ3) is 2.64. The maximum Gasteiger partial charge on any atom is 0.512 e. The van der Waals surface area contributed by atoms with Crippen molar-refractivity contribution in [2.24, 2.45) is 0 Å². The number of fused-ring (bicyclic) bond motifs is 1. The van der Waals surface area contributed by atoms with E-state index in [1.54, 1.807) is 0 Å². The van der Waals surface area contributed by atoms with Gasteiger partial charge >= 0.3 is 12.3 Å². The summed E-state index contributed by atoms with van der Waals surface area (Å²) in [5, 5.41) is 17.1. The fourth-order valence-corrected chi connectivity index (χ4v) is 1.77. The zero-order valence-electron chi connectivity index (χ0n) is 9.55. The summed E-state index contributed by atoms with van der Waals surface area (Å²) in [5.74, 6) is -0.697. The largest absolute Gasteiger partial charge is 0.512 e. The van der Waals surface area contributed by atoms with Crippen LogP contribution >= 0.6 is 11.6 Å². The molecule has 0 aliphatic heterocycles. The number of hydrogen-bond donors (Lipinski definition) is 3. The molecule has 0 spiro atoms. The molecule has 0 bridgehead atoms. The molecule has 0 atom stereocenters. The Morgan fingerprint density at radius 1 is 1.15 bits per heavy atom. The molecule has 0 fully saturated rings. The molecule has 0 aliphatic carbocycles. The highest BCUT2D eigenvalue weighted by Gasteiger charge is 2.15. The first-order valence-electron chi connectivity index (χ1n) is 5.05. The maximum atomic E-state index is 11.8. The molecule has 20 heavy (non-hydrogen) atoms. The number of carboxylic acid groups (broad SMARTS) is 2. The number of aromatic amines is 1. The van der Waals surface area contributed by atoms with Gasteiger partial charge in [-0.05, 0) is 12.1 Å². The normalized spacial score (nSPS) is 10.2. The van der Waals surface area contributed by atoms with E-state index < -0.39 is 17.7 Å². The molecule has 104 valence electrons. The van der Waals surface area contributed by atoms with E-state index in [-0.39, 0.29) is 27.6 Å². The summed E-state index contributed by atoms with van der Waals surface area (Å²) in [6.07, 6.45) is -3.27. The summed E-state index contributed by atoms with van der Waals surface area (Å²) >= 11 is 5.79. The first kappa shape index (κ1) is 13.7. The van der Waals surface area contributed by atoms with Crippen LogP contribution < -0.4 is 14.9 Å². The van der Waals surface area contributed by atoms with Gasteiger partial charge in [0.2, 0.25) is 5.88 Å². The van der Waals surface area contributed by atoms with Gasteiger partial charge in [0.1, 0.15) is 0 Å². The molecule has 2 aromatic rings. The van der Waals surface area contributed by atoms with E-state index >= 15 is 0 Å². The van der Waals surface area contributed by atoms with E-state index in [1.807, 2.05) is 0 Å². The van der Waals surface area contributed by atoms with Gasteiger partial charge in [0.15, 0.2) is 11.2 Å². The topological polar surface area (TPSA) is 126 Å². The van der Waals surface area contributed by atoms with Crippen LogP contribution in [-0.2, 0) is 0 Å². The Bertz CT molecular complexity index is 767. The molecule has 0 aliphatic rings. The molecular weight excluding hydrogens is 294 g/mol. The van der Waals surface area contributed by atoms with Crippen molar-refractivity contribution in [1.29, 1.82) is 0 Å². The van der Waals surface area contributed by atoms with Crippen LogP contribution in [0, 0.1) is 0 Å². The second kappa shape index (κ2) is 5.10. The number of pyridine rings is 1. The van der Waals surface area contributed by atoms with Crippen molar-refractivity contribution >= 4 is 34.8 Å².